The molecular weight excluding hydrogens is 439 g/mol. The maximum absolute atomic E-state index is 12.9. The molecule has 1 aromatic carbocycles. The fourth-order valence-electron chi connectivity index (χ4n) is 4.39. The first-order valence-corrected chi connectivity index (χ1v) is 11.8. The SMILES string of the molecule is Cc1cc(/C=C2/SC(=O)N(CC3CCCCC3)C2=O)c(C)n1-c1ccc(Cl)cc1Cl. The molecule has 2 aliphatic rings. The molecule has 4 nitrogen and oxygen atoms in total. The van der Waals surface area contributed by atoms with Crippen molar-refractivity contribution in [2.24, 2.45) is 5.92 Å². The number of aryl methyl sites for hydroxylation is 1. The van der Waals surface area contributed by atoms with Crippen LogP contribution in [-0.4, -0.2) is 27.2 Å². The minimum Gasteiger partial charge on any atom is -0.316 e. The molecule has 2 fully saturated rings. The van der Waals surface area contributed by atoms with E-state index in [1.807, 2.05) is 36.6 Å². The van der Waals surface area contributed by atoms with Crippen LogP contribution in [0.5, 0.6) is 0 Å². The van der Waals surface area contributed by atoms with Crippen LogP contribution >= 0.6 is 35.0 Å². The van der Waals surface area contributed by atoms with Gasteiger partial charge >= 0.3 is 0 Å². The van der Waals surface area contributed by atoms with Crippen molar-refractivity contribution in [3.05, 3.63) is 56.2 Å². The van der Waals surface area contributed by atoms with Crippen LogP contribution in [0.2, 0.25) is 10.0 Å². The first-order chi connectivity index (χ1) is 14.3. The lowest BCUT2D eigenvalue weighted by atomic mass is 9.89. The first kappa shape index (κ1) is 21.5. The van der Waals surface area contributed by atoms with E-state index in [1.165, 1.54) is 24.2 Å². The van der Waals surface area contributed by atoms with Gasteiger partial charge in [0, 0.05) is 23.0 Å². The Labute approximate surface area is 191 Å². The van der Waals surface area contributed by atoms with E-state index in [1.54, 1.807) is 12.1 Å². The van der Waals surface area contributed by atoms with Gasteiger partial charge in [-0.1, -0.05) is 42.5 Å². The van der Waals surface area contributed by atoms with Gasteiger partial charge in [0.25, 0.3) is 11.1 Å². The number of hydrogen-bond donors (Lipinski definition) is 0. The van der Waals surface area contributed by atoms with E-state index in [0.717, 1.165) is 47.2 Å². The molecule has 2 amide bonds. The lowest BCUT2D eigenvalue weighted by Gasteiger charge is -2.25. The van der Waals surface area contributed by atoms with Gasteiger partial charge in [0.15, 0.2) is 0 Å². The van der Waals surface area contributed by atoms with E-state index < -0.39 is 0 Å². The molecule has 0 radical (unpaired) electrons. The molecule has 1 aromatic heterocycles. The lowest BCUT2D eigenvalue weighted by molar-refractivity contribution is -0.123. The van der Waals surface area contributed by atoms with Crippen molar-refractivity contribution in [2.75, 3.05) is 6.54 Å². The van der Waals surface area contributed by atoms with E-state index in [0.29, 0.717) is 27.4 Å². The minimum atomic E-state index is -0.176. The molecule has 0 atom stereocenters. The van der Waals surface area contributed by atoms with Crippen LogP contribution in [0.1, 0.15) is 49.1 Å². The molecule has 30 heavy (non-hydrogen) atoms. The van der Waals surface area contributed by atoms with Gasteiger partial charge in [0.1, 0.15) is 0 Å². The van der Waals surface area contributed by atoms with Crippen LogP contribution < -0.4 is 0 Å². The number of amides is 2. The monoisotopic (exact) mass is 462 g/mol. The van der Waals surface area contributed by atoms with E-state index in [9.17, 15) is 9.59 Å². The molecule has 1 saturated heterocycles. The molecule has 0 N–H and O–H groups in total. The van der Waals surface area contributed by atoms with Gasteiger partial charge in [-0.3, -0.25) is 14.5 Å². The Balaban J connectivity index is 1.60. The number of imide groups is 1. The second kappa shape index (κ2) is 8.81. The number of halogens is 2. The summed E-state index contributed by atoms with van der Waals surface area (Å²) >= 11 is 13.5. The highest BCUT2D eigenvalue weighted by Crippen LogP contribution is 2.36. The fourth-order valence-corrected chi connectivity index (χ4v) is 5.73. The Kier molecular flexibility index (Phi) is 6.33. The number of benzene rings is 1. The van der Waals surface area contributed by atoms with Crippen LogP contribution in [0.25, 0.3) is 11.8 Å². The summed E-state index contributed by atoms with van der Waals surface area (Å²) in [6.07, 6.45) is 7.67. The van der Waals surface area contributed by atoms with Crippen molar-refractivity contribution in [1.82, 2.24) is 9.47 Å². The number of aromatic nitrogens is 1. The zero-order chi connectivity index (χ0) is 21.4. The average molecular weight is 463 g/mol. The standard InChI is InChI=1S/C23H24Cl2N2O2S/c1-14-10-17(15(2)27(14)20-9-8-18(24)12-19(20)25)11-21-22(28)26(23(29)30-21)13-16-6-4-3-5-7-16/h8-12,16H,3-7,13H2,1-2H3/b21-11+. The summed E-state index contributed by atoms with van der Waals surface area (Å²) in [7, 11) is 0. The number of rotatable bonds is 4. The number of hydrogen-bond acceptors (Lipinski definition) is 3. The molecule has 2 aromatic rings. The Morgan fingerprint density at radius 2 is 1.83 bits per heavy atom. The summed E-state index contributed by atoms with van der Waals surface area (Å²) in [5, 5.41) is 0.980. The predicted octanol–water partition coefficient (Wildman–Crippen LogP) is 7.02. The quantitative estimate of drug-likeness (QED) is 0.458. The Bertz CT molecular complexity index is 1040. The van der Waals surface area contributed by atoms with Crippen molar-refractivity contribution < 1.29 is 9.59 Å². The highest BCUT2D eigenvalue weighted by Gasteiger charge is 2.36. The summed E-state index contributed by atoms with van der Waals surface area (Å²) in [5.74, 6) is 0.258. The van der Waals surface area contributed by atoms with E-state index >= 15 is 0 Å². The number of thioether (sulfide) groups is 1. The predicted molar refractivity (Wildman–Crippen MR) is 125 cm³/mol. The molecule has 4 rings (SSSR count). The van der Waals surface area contributed by atoms with E-state index in [4.69, 9.17) is 23.2 Å². The highest BCUT2D eigenvalue weighted by atomic mass is 35.5. The fraction of sp³-hybridized carbons (Fsp3) is 0.391. The van der Waals surface area contributed by atoms with Gasteiger partial charge in [0.05, 0.1) is 15.6 Å². The zero-order valence-corrected chi connectivity index (χ0v) is 19.4. The largest absolute Gasteiger partial charge is 0.316 e. The maximum atomic E-state index is 12.9. The first-order valence-electron chi connectivity index (χ1n) is 10.2. The van der Waals surface area contributed by atoms with Crippen molar-refractivity contribution in [3.63, 3.8) is 0 Å². The van der Waals surface area contributed by atoms with Crippen LogP contribution in [0, 0.1) is 19.8 Å². The highest BCUT2D eigenvalue weighted by molar-refractivity contribution is 8.18. The molecule has 1 aliphatic carbocycles. The summed E-state index contributed by atoms with van der Waals surface area (Å²) < 4.78 is 2.04. The summed E-state index contributed by atoms with van der Waals surface area (Å²) in [6.45, 7) is 4.52. The Morgan fingerprint density at radius 3 is 2.53 bits per heavy atom. The number of carbonyl (C=O) groups is 2. The second-order valence-electron chi connectivity index (χ2n) is 8.05. The summed E-state index contributed by atoms with van der Waals surface area (Å²) in [6, 6.07) is 7.41. The molecular formula is C23H24Cl2N2O2S. The molecule has 0 bridgehead atoms. The van der Waals surface area contributed by atoms with Crippen LogP contribution in [0.15, 0.2) is 29.2 Å². The molecule has 2 heterocycles. The summed E-state index contributed by atoms with van der Waals surface area (Å²) in [4.78, 5) is 27.4. The molecule has 1 saturated carbocycles. The van der Waals surface area contributed by atoms with Crippen molar-refractivity contribution in [3.8, 4) is 5.69 Å². The average Bonchev–Trinajstić information content (AvgIpc) is 3.13. The van der Waals surface area contributed by atoms with Gasteiger partial charge in [-0.25, -0.2) is 0 Å². The van der Waals surface area contributed by atoms with Gasteiger partial charge in [-0.05, 0) is 80.3 Å². The van der Waals surface area contributed by atoms with Crippen molar-refractivity contribution >= 4 is 52.2 Å². The molecule has 7 heteroatoms. The normalized spacial score (nSPS) is 19.3. The molecule has 0 unspecified atom stereocenters. The van der Waals surface area contributed by atoms with Crippen molar-refractivity contribution in [1.29, 1.82) is 0 Å². The second-order valence-corrected chi connectivity index (χ2v) is 9.89. The number of carbonyl (C=O) groups excluding carboxylic acids is 2. The molecule has 0 spiro atoms. The van der Waals surface area contributed by atoms with E-state index in [-0.39, 0.29) is 11.1 Å². The zero-order valence-electron chi connectivity index (χ0n) is 17.1. The van der Waals surface area contributed by atoms with Crippen molar-refractivity contribution in [2.45, 2.75) is 46.0 Å². The third kappa shape index (κ3) is 4.20. The van der Waals surface area contributed by atoms with Crippen LogP contribution in [0.4, 0.5) is 4.79 Å². The van der Waals surface area contributed by atoms with E-state index in [2.05, 4.69) is 0 Å². The topological polar surface area (TPSA) is 42.3 Å². The summed E-state index contributed by atoms with van der Waals surface area (Å²) in [5.41, 5.74) is 3.68. The Hall–Kier alpha value is -1.69. The molecule has 1 aliphatic heterocycles. The number of nitrogens with zero attached hydrogens (tertiary/aromatic N) is 2. The Morgan fingerprint density at radius 1 is 1.10 bits per heavy atom. The van der Waals surface area contributed by atoms with Gasteiger partial charge in [0.2, 0.25) is 0 Å². The van der Waals surface area contributed by atoms with Gasteiger partial charge in [-0.15, -0.1) is 0 Å². The van der Waals surface area contributed by atoms with Crippen LogP contribution in [0.3, 0.4) is 0 Å². The molecule has 158 valence electrons. The third-order valence-electron chi connectivity index (χ3n) is 5.95. The van der Waals surface area contributed by atoms with Crippen LogP contribution in [-0.2, 0) is 4.79 Å². The van der Waals surface area contributed by atoms with Gasteiger partial charge in [-0.2, -0.15) is 0 Å². The maximum Gasteiger partial charge on any atom is 0.293 e. The van der Waals surface area contributed by atoms with Gasteiger partial charge < -0.3 is 4.57 Å². The lowest BCUT2D eigenvalue weighted by Crippen LogP contribution is -2.34. The third-order valence-corrected chi connectivity index (χ3v) is 7.39. The smallest absolute Gasteiger partial charge is 0.293 e. The minimum absolute atomic E-state index is 0.161.